The Hall–Kier alpha value is -1.88. The molecule has 2 fully saturated rings. The van der Waals surface area contributed by atoms with E-state index in [0.717, 1.165) is 11.7 Å². The van der Waals surface area contributed by atoms with E-state index in [1.54, 1.807) is 4.90 Å². The van der Waals surface area contributed by atoms with Crippen LogP contribution in [-0.2, 0) is 22.8 Å². The number of morpholine rings is 1. The van der Waals surface area contributed by atoms with Crippen LogP contribution in [0.5, 0.6) is 0 Å². The molecular formula is C17H26F3N5O3. The molecule has 0 bridgehead atoms. The molecule has 2 unspecified atom stereocenters. The van der Waals surface area contributed by atoms with Gasteiger partial charge in [-0.3, -0.25) is 14.3 Å². The average Bonchev–Trinajstić information content (AvgIpc) is 2.90. The van der Waals surface area contributed by atoms with Crippen molar-refractivity contribution in [2.75, 3.05) is 32.7 Å². The molecule has 11 heteroatoms. The van der Waals surface area contributed by atoms with Crippen molar-refractivity contribution < 1.29 is 22.7 Å². The largest absolute Gasteiger partial charge is 0.451 e. The molecule has 2 saturated heterocycles. The molecule has 28 heavy (non-hydrogen) atoms. The van der Waals surface area contributed by atoms with E-state index in [1.165, 1.54) is 0 Å². The monoisotopic (exact) mass is 405 g/mol. The van der Waals surface area contributed by atoms with E-state index in [0.29, 0.717) is 43.6 Å². The summed E-state index contributed by atoms with van der Waals surface area (Å²) in [6.07, 6.45) is -3.73. The molecule has 0 N–H and O–H groups in total. The summed E-state index contributed by atoms with van der Waals surface area (Å²) < 4.78 is 46.0. The number of alkyl halides is 3. The Morgan fingerprint density at radius 3 is 2.25 bits per heavy atom. The molecule has 1 aromatic rings. The second-order valence-corrected chi connectivity index (χ2v) is 7.67. The van der Waals surface area contributed by atoms with Crippen molar-refractivity contribution in [2.45, 2.75) is 51.1 Å². The lowest BCUT2D eigenvalue weighted by Crippen LogP contribution is -2.51. The first-order valence-electron chi connectivity index (χ1n) is 9.44. The van der Waals surface area contributed by atoms with Gasteiger partial charge in [-0.2, -0.15) is 13.2 Å². The highest BCUT2D eigenvalue weighted by Crippen LogP contribution is 2.28. The van der Waals surface area contributed by atoms with Crippen molar-refractivity contribution in [3.05, 3.63) is 16.3 Å². The zero-order valence-electron chi connectivity index (χ0n) is 16.3. The molecule has 2 atom stereocenters. The van der Waals surface area contributed by atoms with E-state index in [9.17, 15) is 22.8 Å². The number of ether oxygens (including phenoxy) is 1. The van der Waals surface area contributed by atoms with Crippen LogP contribution in [0.4, 0.5) is 13.2 Å². The van der Waals surface area contributed by atoms with Gasteiger partial charge < -0.3 is 9.64 Å². The van der Waals surface area contributed by atoms with Crippen LogP contribution in [0.3, 0.4) is 0 Å². The minimum atomic E-state index is -4.67. The Morgan fingerprint density at radius 2 is 1.75 bits per heavy atom. The van der Waals surface area contributed by atoms with Crippen molar-refractivity contribution in [1.29, 1.82) is 0 Å². The van der Waals surface area contributed by atoms with Crippen molar-refractivity contribution in [3.8, 4) is 0 Å². The van der Waals surface area contributed by atoms with Gasteiger partial charge in [0.05, 0.1) is 24.8 Å². The molecule has 3 heterocycles. The first-order chi connectivity index (χ1) is 13.1. The first kappa shape index (κ1) is 20.8. The van der Waals surface area contributed by atoms with Crippen molar-refractivity contribution in [1.82, 2.24) is 24.1 Å². The summed E-state index contributed by atoms with van der Waals surface area (Å²) >= 11 is 0. The van der Waals surface area contributed by atoms with E-state index in [2.05, 4.69) is 5.10 Å². The highest BCUT2D eigenvalue weighted by Gasteiger charge is 2.39. The SMILES string of the molecule is CC1CN(C(=O)CN2CCC(n3nc(C(F)(F)F)n(C)c3=O)CC2)CC(C)O1. The molecular weight excluding hydrogens is 379 g/mol. The lowest BCUT2D eigenvalue weighted by atomic mass is 10.1. The Balaban J connectivity index is 1.58. The van der Waals surface area contributed by atoms with Gasteiger partial charge in [-0.25, -0.2) is 9.48 Å². The summed E-state index contributed by atoms with van der Waals surface area (Å²) in [5, 5.41) is 3.51. The van der Waals surface area contributed by atoms with Gasteiger partial charge in [-0.1, -0.05) is 0 Å². The molecule has 3 rings (SSSR count). The zero-order chi connectivity index (χ0) is 20.6. The second kappa shape index (κ2) is 7.86. The van der Waals surface area contributed by atoms with Gasteiger partial charge in [0.25, 0.3) is 0 Å². The van der Waals surface area contributed by atoms with Crippen LogP contribution in [0.2, 0.25) is 0 Å². The summed E-state index contributed by atoms with van der Waals surface area (Å²) in [5.41, 5.74) is -0.766. The minimum absolute atomic E-state index is 0.00250. The zero-order valence-corrected chi connectivity index (χ0v) is 16.3. The number of carbonyl (C=O) groups is 1. The van der Waals surface area contributed by atoms with Crippen LogP contribution in [-0.4, -0.2) is 75.0 Å². The quantitative estimate of drug-likeness (QED) is 0.746. The molecule has 0 aromatic carbocycles. The number of nitrogens with zero attached hydrogens (tertiary/aromatic N) is 5. The summed E-state index contributed by atoms with van der Waals surface area (Å²) in [4.78, 5) is 28.5. The lowest BCUT2D eigenvalue weighted by Gasteiger charge is -2.37. The molecule has 0 aliphatic carbocycles. The molecule has 1 aromatic heterocycles. The highest BCUT2D eigenvalue weighted by molar-refractivity contribution is 5.78. The minimum Gasteiger partial charge on any atom is -0.372 e. The molecule has 0 radical (unpaired) electrons. The topological polar surface area (TPSA) is 72.6 Å². The molecule has 1 amide bonds. The molecule has 2 aliphatic heterocycles. The summed E-state index contributed by atoms with van der Waals surface area (Å²) in [6.45, 7) is 6.29. The standard InChI is InChI=1S/C17H26F3N5O3/c1-11-8-24(9-12(2)28-11)14(26)10-23-6-4-13(5-7-23)25-16(27)22(3)15(21-25)17(18,19)20/h11-13H,4-10H2,1-3H3. The van der Waals surface area contributed by atoms with Crippen LogP contribution in [0, 0.1) is 0 Å². The number of likely N-dealkylation sites (tertiary alicyclic amines) is 1. The molecule has 158 valence electrons. The van der Waals surface area contributed by atoms with Gasteiger partial charge in [-0.15, -0.1) is 5.10 Å². The number of rotatable bonds is 3. The summed E-state index contributed by atoms with van der Waals surface area (Å²) in [7, 11) is 1.08. The lowest BCUT2D eigenvalue weighted by molar-refractivity contribution is -0.147. The highest BCUT2D eigenvalue weighted by atomic mass is 19.4. The first-order valence-corrected chi connectivity index (χ1v) is 9.44. The number of halogens is 3. The predicted octanol–water partition coefficient (Wildman–Crippen LogP) is 0.873. The summed E-state index contributed by atoms with van der Waals surface area (Å²) in [6, 6.07) is -0.399. The van der Waals surface area contributed by atoms with Crippen molar-refractivity contribution in [2.24, 2.45) is 7.05 Å². The fourth-order valence-electron chi connectivity index (χ4n) is 3.94. The van der Waals surface area contributed by atoms with Crippen LogP contribution in [0.15, 0.2) is 4.79 Å². The normalized spacial score (nSPS) is 25.3. The molecule has 8 nitrogen and oxygen atoms in total. The molecule has 0 saturated carbocycles. The molecule has 2 aliphatic rings. The van der Waals surface area contributed by atoms with E-state index in [1.807, 2.05) is 18.7 Å². The maximum Gasteiger partial charge on any atom is 0.451 e. The van der Waals surface area contributed by atoms with E-state index in [4.69, 9.17) is 4.74 Å². The van der Waals surface area contributed by atoms with Gasteiger partial charge in [-0.05, 0) is 26.7 Å². The third-order valence-corrected chi connectivity index (χ3v) is 5.29. The number of hydrogen-bond donors (Lipinski definition) is 0. The maximum absolute atomic E-state index is 13.0. The van der Waals surface area contributed by atoms with Gasteiger partial charge in [0.15, 0.2) is 0 Å². The maximum atomic E-state index is 13.0. The average molecular weight is 405 g/mol. The Bertz CT molecular complexity index is 757. The third kappa shape index (κ3) is 4.40. The second-order valence-electron chi connectivity index (χ2n) is 7.67. The summed E-state index contributed by atoms with van der Waals surface area (Å²) in [5.74, 6) is -1.17. The van der Waals surface area contributed by atoms with Crippen LogP contribution < -0.4 is 5.69 Å². The number of hydrogen-bond acceptors (Lipinski definition) is 5. The smallest absolute Gasteiger partial charge is 0.372 e. The fourth-order valence-corrected chi connectivity index (χ4v) is 3.94. The van der Waals surface area contributed by atoms with Crippen LogP contribution >= 0.6 is 0 Å². The predicted molar refractivity (Wildman–Crippen MR) is 93.8 cm³/mol. The number of aromatic nitrogens is 3. The number of amides is 1. The van der Waals surface area contributed by atoms with E-state index >= 15 is 0 Å². The van der Waals surface area contributed by atoms with Crippen molar-refractivity contribution >= 4 is 5.91 Å². The van der Waals surface area contributed by atoms with Crippen LogP contribution in [0.25, 0.3) is 0 Å². The van der Waals surface area contributed by atoms with Gasteiger partial charge in [0, 0.05) is 33.2 Å². The van der Waals surface area contributed by atoms with Gasteiger partial charge >= 0.3 is 11.9 Å². The Labute approximate surface area is 160 Å². The Kier molecular flexibility index (Phi) is 5.85. The fraction of sp³-hybridized carbons (Fsp3) is 0.824. The third-order valence-electron chi connectivity index (χ3n) is 5.29. The number of carbonyl (C=O) groups excluding carboxylic acids is 1. The van der Waals surface area contributed by atoms with Crippen LogP contribution in [0.1, 0.15) is 38.6 Å². The van der Waals surface area contributed by atoms with Crippen molar-refractivity contribution in [3.63, 3.8) is 0 Å². The molecule has 0 spiro atoms. The van der Waals surface area contributed by atoms with Gasteiger partial charge in [0.1, 0.15) is 0 Å². The van der Waals surface area contributed by atoms with E-state index < -0.39 is 23.7 Å². The number of piperidine rings is 1. The Morgan fingerprint density at radius 1 is 1.18 bits per heavy atom. The van der Waals surface area contributed by atoms with Gasteiger partial charge in [0.2, 0.25) is 11.7 Å². The van der Waals surface area contributed by atoms with E-state index in [-0.39, 0.29) is 24.7 Å².